The number of carbonyl (C=O) groups is 3. The number of thiocarbonyl (C=S) groups is 1. The average Bonchev–Trinajstić information content (AvgIpc) is 3.33. The van der Waals surface area contributed by atoms with Crippen molar-refractivity contribution in [3.8, 4) is 39.5 Å². The van der Waals surface area contributed by atoms with E-state index in [2.05, 4.69) is 52.3 Å². The SMILES string of the molecule is Cc1c(NC(=O)c2ccc(C(C)(C)C)cc2)cccc1-c1cn(C)c(=O)c(Nc2ccc(C(=O)NCCCCNC(=S)Nc3ccc(-c4c5ccc(=O)cc-5oc5cc(O)ccc45)c(C(=O)O)c3)cc2)n1. The minimum Gasteiger partial charge on any atom is -0.508 e. The summed E-state index contributed by atoms with van der Waals surface area (Å²) in [6, 6.07) is 33.5. The van der Waals surface area contributed by atoms with Crippen molar-refractivity contribution in [1.82, 2.24) is 20.2 Å². The molecule has 0 atom stereocenters. The molecule has 6 aromatic rings. The van der Waals surface area contributed by atoms with Crippen LogP contribution in [0.2, 0.25) is 0 Å². The first-order valence-corrected chi connectivity index (χ1v) is 23.2. The van der Waals surface area contributed by atoms with E-state index in [-0.39, 0.29) is 61.8 Å². The normalized spacial score (nSPS) is 11.3. The topological polar surface area (TPSA) is 217 Å². The Kier molecular flexibility index (Phi) is 14.1. The van der Waals surface area contributed by atoms with Gasteiger partial charge in [0.15, 0.2) is 16.4 Å². The Bertz CT molecular complexity index is 3450. The molecule has 15 nitrogen and oxygen atoms in total. The largest absolute Gasteiger partial charge is 0.508 e. The first-order chi connectivity index (χ1) is 33.9. The number of carboxylic acid groups (broad SMARTS) is 1. The molecule has 0 radical (unpaired) electrons. The second kappa shape index (κ2) is 20.5. The molecule has 0 bridgehead atoms. The molecule has 0 saturated carbocycles. The highest BCUT2D eigenvalue weighted by Gasteiger charge is 2.23. The highest BCUT2D eigenvalue weighted by molar-refractivity contribution is 7.80. The Hall–Kier alpha value is -8.63. The van der Waals surface area contributed by atoms with Gasteiger partial charge in [0.1, 0.15) is 17.1 Å². The third-order valence-corrected chi connectivity index (χ3v) is 12.2. The number of anilines is 4. The minimum absolute atomic E-state index is 0.0166. The van der Waals surface area contributed by atoms with Gasteiger partial charge in [-0.2, -0.15) is 0 Å². The number of carbonyl (C=O) groups excluding carboxylic acids is 2. The maximum atomic E-state index is 13.2. The number of phenols is 1. The number of carboxylic acids is 1. The van der Waals surface area contributed by atoms with E-state index in [0.29, 0.717) is 81.9 Å². The number of rotatable bonds is 14. The van der Waals surface area contributed by atoms with E-state index >= 15 is 0 Å². The summed E-state index contributed by atoms with van der Waals surface area (Å²) in [4.78, 5) is 68.9. The summed E-state index contributed by atoms with van der Waals surface area (Å²) in [7, 11) is 1.64. The maximum Gasteiger partial charge on any atom is 0.336 e. The monoisotopic (exact) mass is 969 g/mol. The summed E-state index contributed by atoms with van der Waals surface area (Å²) in [5.74, 6) is -1.38. The van der Waals surface area contributed by atoms with Gasteiger partial charge in [-0.3, -0.25) is 19.2 Å². The molecule has 0 spiro atoms. The van der Waals surface area contributed by atoms with Crippen molar-refractivity contribution in [2.45, 2.75) is 46.0 Å². The highest BCUT2D eigenvalue weighted by Crippen LogP contribution is 2.42. The lowest BCUT2D eigenvalue weighted by molar-refractivity contribution is 0.0697. The summed E-state index contributed by atoms with van der Waals surface area (Å²) < 4.78 is 7.36. The van der Waals surface area contributed by atoms with E-state index < -0.39 is 5.97 Å². The summed E-state index contributed by atoms with van der Waals surface area (Å²) in [6.07, 6.45) is 2.95. The van der Waals surface area contributed by atoms with Gasteiger partial charge in [-0.25, -0.2) is 9.78 Å². The van der Waals surface area contributed by atoms with Crippen LogP contribution < -0.4 is 37.6 Å². The van der Waals surface area contributed by atoms with Crippen LogP contribution in [0.25, 0.3) is 44.7 Å². The molecule has 71 heavy (non-hydrogen) atoms. The Morgan fingerprint density at radius 1 is 0.746 bits per heavy atom. The number of benzene rings is 6. The molecule has 1 aliphatic carbocycles. The van der Waals surface area contributed by atoms with Gasteiger partial charge in [-0.05, 0) is 133 Å². The number of hydrogen-bond donors (Lipinski definition) is 7. The van der Waals surface area contributed by atoms with Gasteiger partial charge < -0.3 is 45.8 Å². The minimum atomic E-state index is -1.18. The maximum absolute atomic E-state index is 13.2. The number of nitrogens with zero attached hydrogens (tertiary/aromatic N) is 2. The number of aryl methyl sites for hydroxylation is 1. The number of aromatic nitrogens is 2. The predicted molar refractivity (Wildman–Crippen MR) is 281 cm³/mol. The molecular formula is C55H51N7O8S. The molecular weight excluding hydrogens is 919 g/mol. The fourth-order valence-electron chi connectivity index (χ4n) is 8.12. The Morgan fingerprint density at radius 2 is 1.42 bits per heavy atom. The third kappa shape index (κ3) is 11.1. The number of fused-ring (bicyclic) bond motifs is 2. The molecule has 16 heteroatoms. The number of aromatic hydroxyl groups is 1. The fraction of sp³-hybridized carbons (Fsp3) is 0.182. The first-order valence-electron chi connectivity index (χ1n) is 22.8. The zero-order valence-electron chi connectivity index (χ0n) is 39.6. The fourth-order valence-corrected chi connectivity index (χ4v) is 8.34. The van der Waals surface area contributed by atoms with Crippen molar-refractivity contribution >= 4 is 69.0 Å². The van der Waals surface area contributed by atoms with Crippen LogP contribution in [0.4, 0.5) is 22.9 Å². The zero-order chi connectivity index (χ0) is 50.6. The molecule has 5 aromatic carbocycles. The molecule has 2 heterocycles. The Morgan fingerprint density at radius 3 is 2.14 bits per heavy atom. The van der Waals surface area contributed by atoms with Crippen molar-refractivity contribution in [1.29, 1.82) is 0 Å². The Balaban J connectivity index is 0.826. The van der Waals surface area contributed by atoms with Crippen LogP contribution in [-0.2, 0) is 12.5 Å². The summed E-state index contributed by atoms with van der Waals surface area (Å²) in [5.41, 5.74) is 6.83. The molecule has 0 unspecified atom stereocenters. The van der Waals surface area contributed by atoms with E-state index in [4.69, 9.17) is 16.6 Å². The van der Waals surface area contributed by atoms with E-state index in [0.717, 1.165) is 16.7 Å². The summed E-state index contributed by atoms with van der Waals surface area (Å²) in [5, 5.41) is 36.5. The van der Waals surface area contributed by atoms with E-state index in [1.807, 2.05) is 49.4 Å². The number of nitrogens with one attached hydrogen (secondary N) is 5. The molecule has 8 rings (SSSR count). The molecule has 2 amide bonds. The van der Waals surface area contributed by atoms with Crippen LogP contribution in [0.3, 0.4) is 0 Å². The van der Waals surface area contributed by atoms with Gasteiger partial charge in [-0.15, -0.1) is 0 Å². The van der Waals surface area contributed by atoms with Crippen LogP contribution >= 0.6 is 12.2 Å². The number of hydrogen-bond acceptors (Lipinski definition) is 10. The summed E-state index contributed by atoms with van der Waals surface area (Å²) >= 11 is 5.50. The van der Waals surface area contributed by atoms with Crippen molar-refractivity contribution < 1.29 is 29.0 Å². The molecule has 1 aliphatic heterocycles. The number of aromatic carboxylic acids is 1. The number of unbranched alkanes of at least 4 members (excludes halogenated alkanes) is 1. The predicted octanol–water partition coefficient (Wildman–Crippen LogP) is 9.83. The van der Waals surface area contributed by atoms with Crippen molar-refractivity contribution in [2.24, 2.45) is 7.05 Å². The van der Waals surface area contributed by atoms with Crippen LogP contribution in [0.15, 0.2) is 142 Å². The molecule has 360 valence electrons. The Labute approximate surface area is 414 Å². The van der Waals surface area contributed by atoms with Gasteiger partial charge in [0.05, 0.1) is 11.3 Å². The lowest BCUT2D eigenvalue weighted by Gasteiger charge is -2.19. The smallest absolute Gasteiger partial charge is 0.336 e. The van der Waals surface area contributed by atoms with E-state index in [1.165, 1.54) is 34.9 Å². The van der Waals surface area contributed by atoms with Gasteiger partial charge in [-0.1, -0.05) is 51.1 Å². The molecule has 0 fully saturated rings. The number of phenolic OH excluding ortho intramolecular Hbond substituents is 1. The van der Waals surface area contributed by atoms with Gasteiger partial charge in [0.25, 0.3) is 17.4 Å². The lowest BCUT2D eigenvalue weighted by Crippen LogP contribution is -2.30. The zero-order valence-corrected chi connectivity index (χ0v) is 40.4. The van der Waals surface area contributed by atoms with Gasteiger partial charge in [0, 0.05) is 88.7 Å². The second-order valence-corrected chi connectivity index (χ2v) is 18.5. The lowest BCUT2D eigenvalue weighted by atomic mass is 9.86. The molecule has 2 aliphatic rings. The summed E-state index contributed by atoms with van der Waals surface area (Å²) in [6.45, 7) is 9.14. The average molecular weight is 970 g/mol. The van der Waals surface area contributed by atoms with Crippen LogP contribution in [0.1, 0.15) is 75.8 Å². The van der Waals surface area contributed by atoms with Crippen LogP contribution in [0.5, 0.6) is 5.75 Å². The third-order valence-electron chi connectivity index (χ3n) is 12.0. The van der Waals surface area contributed by atoms with Crippen LogP contribution in [-0.4, -0.2) is 55.7 Å². The van der Waals surface area contributed by atoms with Crippen LogP contribution in [0, 0.1) is 6.92 Å². The van der Waals surface area contributed by atoms with E-state index in [9.17, 15) is 34.2 Å². The molecule has 1 aromatic heterocycles. The van der Waals surface area contributed by atoms with Crippen molar-refractivity contribution in [3.63, 3.8) is 0 Å². The van der Waals surface area contributed by atoms with Crippen molar-refractivity contribution in [2.75, 3.05) is 29.0 Å². The molecule has 0 saturated heterocycles. The van der Waals surface area contributed by atoms with Gasteiger partial charge in [0.2, 0.25) is 0 Å². The van der Waals surface area contributed by atoms with E-state index in [1.54, 1.807) is 61.8 Å². The molecule has 7 N–H and O–H groups in total. The number of amides is 2. The van der Waals surface area contributed by atoms with Gasteiger partial charge >= 0.3 is 5.97 Å². The van der Waals surface area contributed by atoms with Crippen molar-refractivity contribution in [3.05, 3.63) is 176 Å². The second-order valence-electron chi connectivity index (χ2n) is 18.1. The quantitative estimate of drug-likeness (QED) is 0.0307. The highest BCUT2D eigenvalue weighted by atomic mass is 32.1. The first kappa shape index (κ1) is 48.8. The standard InChI is InChI=1S/C55H51N7O8S/c1-31-39(9-8-10-44(31)61-51(66)33-11-15-34(16-12-33)55(2,3)4)45-30-62(5)52(67)49(60-45)58-35-17-13-32(14-18-35)50(65)56-25-6-7-26-57-54(71)59-36-19-22-40(43(27-36)53(68)69)48-41-23-20-37(63)28-46(41)70-47-29-38(64)21-24-42(47)48/h8-24,27-30,63H,6-7,25-26H2,1-5H3,(H,56,65)(H,58,60)(H,61,66)(H,68,69)(H2,57,59,71).